The van der Waals surface area contributed by atoms with Crippen LogP contribution in [-0.4, -0.2) is 52.6 Å². The smallest absolute Gasteiger partial charge is 0.322 e. The van der Waals surface area contributed by atoms with Crippen molar-refractivity contribution in [1.82, 2.24) is 15.2 Å². The van der Waals surface area contributed by atoms with Crippen molar-refractivity contribution in [3.8, 4) is 11.6 Å². The molecule has 1 aliphatic rings. The molecular weight excluding hydrogens is 496 g/mol. The van der Waals surface area contributed by atoms with Crippen LogP contribution in [0.15, 0.2) is 34.0 Å². The van der Waals surface area contributed by atoms with Crippen LogP contribution >= 0.6 is 0 Å². The van der Waals surface area contributed by atoms with Gasteiger partial charge in [0.2, 0.25) is 15.9 Å². The third kappa shape index (κ3) is 5.83. The first kappa shape index (κ1) is 26.7. The molecule has 36 heavy (non-hydrogen) atoms. The first-order valence-electron chi connectivity index (χ1n) is 11.0. The highest BCUT2D eigenvalue weighted by Gasteiger charge is 2.32. The Morgan fingerprint density at radius 2 is 1.56 bits per heavy atom. The molecule has 0 unspecified atom stereocenters. The summed E-state index contributed by atoms with van der Waals surface area (Å²) in [4.78, 5) is 49.4. The molecule has 0 atom stereocenters. The van der Waals surface area contributed by atoms with E-state index in [1.165, 1.54) is 24.3 Å². The number of nitrogens with zero attached hydrogens (tertiary/aromatic N) is 1. The SMILES string of the molecule is NS(=O)(=O)c1ccc(CNC(=O)c2c(O)c(C(=O)NCC(=O)O)c(=O)n(C3CCCCC3)c2O)cc1. The minimum atomic E-state index is -3.91. The maximum Gasteiger partial charge on any atom is 0.322 e. The molecule has 1 heterocycles. The predicted molar refractivity (Wildman–Crippen MR) is 125 cm³/mol. The van der Waals surface area contributed by atoms with Gasteiger partial charge in [0.1, 0.15) is 17.7 Å². The van der Waals surface area contributed by atoms with Gasteiger partial charge in [-0.2, -0.15) is 0 Å². The van der Waals surface area contributed by atoms with E-state index in [1.807, 2.05) is 5.32 Å². The van der Waals surface area contributed by atoms with E-state index in [-0.39, 0.29) is 11.4 Å². The summed E-state index contributed by atoms with van der Waals surface area (Å²) in [5.41, 5.74) is -2.17. The van der Waals surface area contributed by atoms with Crippen molar-refractivity contribution < 1.29 is 38.1 Å². The minimum absolute atomic E-state index is 0.135. The highest BCUT2D eigenvalue weighted by Crippen LogP contribution is 2.35. The minimum Gasteiger partial charge on any atom is -0.506 e. The van der Waals surface area contributed by atoms with Crippen molar-refractivity contribution in [2.24, 2.45) is 5.14 Å². The van der Waals surface area contributed by atoms with E-state index in [0.717, 1.165) is 23.8 Å². The molecule has 14 heteroatoms. The number of hydrogen-bond donors (Lipinski definition) is 6. The van der Waals surface area contributed by atoms with Crippen LogP contribution in [0.25, 0.3) is 0 Å². The number of carboxylic acid groups (broad SMARTS) is 1. The maximum atomic E-state index is 13.1. The number of aliphatic carboxylic acids is 1. The lowest BCUT2D eigenvalue weighted by atomic mass is 9.94. The molecule has 7 N–H and O–H groups in total. The molecule has 1 aromatic heterocycles. The number of primary sulfonamides is 1. The van der Waals surface area contributed by atoms with E-state index in [2.05, 4.69) is 5.32 Å². The average molecular weight is 523 g/mol. The number of benzene rings is 1. The van der Waals surface area contributed by atoms with E-state index in [1.54, 1.807) is 0 Å². The fourth-order valence-corrected chi connectivity index (χ4v) is 4.59. The van der Waals surface area contributed by atoms with Crippen LogP contribution in [0.4, 0.5) is 0 Å². The maximum absolute atomic E-state index is 13.1. The number of nitrogens with two attached hydrogens (primary N) is 1. The summed E-state index contributed by atoms with van der Waals surface area (Å²) >= 11 is 0. The number of aromatic hydroxyl groups is 2. The lowest BCUT2D eigenvalue weighted by Gasteiger charge is -2.26. The van der Waals surface area contributed by atoms with Gasteiger partial charge in [0.05, 0.1) is 4.90 Å². The largest absolute Gasteiger partial charge is 0.506 e. The fourth-order valence-electron chi connectivity index (χ4n) is 4.07. The Hall–Kier alpha value is -3.91. The van der Waals surface area contributed by atoms with Gasteiger partial charge in [-0.3, -0.25) is 23.7 Å². The molecule has 0 spiro atoms. The van der Waals surface area contributed by atoms with Gasteiger partial charge in [-0.1, -0.05) is 31.4 Å². The van der Waals surface area contributed by atoms with Crippen LogP contribution in [0.3, 0.4) is 0 Å². The Morgan fingerprint density at radius 3 is 2.11 bits per heavy atom. The molecule has 0 aliphatic heterocycles. The number of pyridine rings is 1. The van der Waals surface area contributed by atoms with E-state index >= 15 is 0 Å². The summed E-state index contributed by atoms with van der Waals surface area (Å²) in [5, 5.41) is 39.8. The van der Waals surface area contributed by atoms with Gasteiger partial charge in [-0.25, -0.2) is 13.6 Å². The van der Waals surface area contributed by atoms with Crippen LogP contribution in [0.1, 0.15) is 64.4 Å². The Morgan fingerprint density at radius 1 is 0.972 bits per heavy atom. The number of sulfonamides is 1. The molecule has 0 radical (unpaired) electrons. The number of amides is 2. The van der Waals surface area contributed by atoms with Crippen LogP contribution in [0.5, 0.6) is 11.6 Å². The average Bonchev–Trinajstić information content (AvgIpc) is 2.81. The second-order valence-corrected chi connectivity index (χ2v) is 9.90. The number of carbonyl (C=O) groups excluding carboxylic acids is 2. The summed E-state index contributed by atoms with van der Waals surface area (Å²) in [7, 11) is -3.91. The summed E-state index contributed by atoms with van der Waals surface area (Å²) in [6, 6.07) is 4.73. The number of aromatic nitrogens is 1. The predicted octanol–water partition coefficient (Wildman–Crippen LogP) is 0.156. The van der Waals surface area contributed by atoms with Crippen molar-refractivity contribution in [2.75, 3.05) is 6.54 Å². The van der Waals surface area contributed by atoms with Crippen molar-refractivity contribution in [3.63, 3.8) is 0 Å². The van der Waals surface area contributed by atoms with Crippen LogP contribution < -0.4 is 21.3 Å². The zero-order valence-electron chi connectivity index (χ0n) is 19.1. The van der Waals surface area contributed by atoms with E-state index in [9.17, 15) is 37.8 Å². The van der Waals surface area contributed by atoms with Gasteiger partial charge in [-0.05, 0) is 30.5 Å². The normalized spacial score (nSPS) is 14.2. The van der Waals surface area contributed by atoms with Gasteiger partial charge in [0.15, 0.2) is 5.75 Å². The lowest BCUT2D eigenvalue weighted by molar-refractivity contribution is -0.135. The molecule has 1 fully saturated rings. The third-order valence-corrected chi connectivity index (χ3v) is 6.79. The summed E-state index contributed by atoms with van der Waals surface area (Å²) < 4.78 is 23.7. The fraction of sp³-hybridized carbons (Fsp3) is 0.364. The standard InChI is InChI=1S/C22H26N4O9S/c23-36(34,35)14-8-6-12(7-9-14)10-24-19(30)16-18(29)17(20(31)25-11-15(27)28)22(33)26(21(16)32)13-4-2-1-3-5-13/h6-9,13,29,32H,1-5,10-11H2,(H,24,30)(H,25,31)(H,27,28)(H2,23,34,35). The molecule has 2 aromatic rings. The first-order chi connectivity index (χ1) is 16.9. The summed E-state index contributed by atoms with van der Waals surface area (Å²) in [6.45, 7) is -0.996. The van der Waals surface area contributed by atoms with Crippen molar-refractivity contribution >= 4 is 27.8 Å². The molecule has 3 rings (SSSR count). The van der Waals surface area contributed by atoms with E-state index in [0.29, 0.717) is 18.4 Å². The number of nitrogens with one attached hydrogen (secondary N) is 2. The number of carbonyl (C=O) groups is 3. The van der Waals surface area contributed by atoms with Gasteiger partial charge >= 0.3 is 5.97 Å². The Balaban J connectivity index is 1.99. The quantitative estimate of drug-likeness (QED) is 0.278. The third-order valence-electron chi connectivity index (χ3n) is 5.86. The van der Waals surface area contributed by atoms with Gasteiger partial charge in [0, 0.05) is 12.6 Å². The first-order valence-corrected chi connectivity index (χ1v) is 12.6. The van der Waals surface area contributed by atoms with Crippen molar-refractivity contribution in [3.05, 3.63) is 51.3 Å². The van der Waals surface area contributed by atoms with Crippen molar-refractivity contribution in [2.45, 2.75) is 49.6 Å². The lowest BCUT2D eigenvalue weighted by Crippen LogP contribution is -2.38. The van der Waals surface area contributed by atoms with E-state index < -0.39 is 68.7 Å². The Labute approximate surface area is 205 Å². The zero-order chi connectivity index (χ0) is 26.6. The Bertz CT molecular complexity index is 1350. The molecule has 1 aromatic carbocycles. The topological polar surface area (TPSA) is 218 Å². The summed E-state index contributed by atoms with van der Waals surface area (Å²) in [6.07, 6.45) is 3.38. The van der Waals surface area contributed by atoms with Gasteiger partial charge in [0.25, 0.3) is 17.4 Å². The van der Waals surface area contributed by atoms with Crippen LogP contribution in [0, 0.1) is 0 Å². The molecule has 2 amide bonds. The monoisotopic (exact) mass is 522 g/mol. The van der Waals surface area contributed by atoms with Gasteiger partial charge < -0.3 is 26.0 Å². The zero-order valence-corrected chi connectivity index (χ0v) is 19.9. The Kier molecular flexibility index (Phi) is 8.00. The molecule has 0 saturated heterocycles. The second kappa shape index (κ2) is 10.8. The van der Waals surface area contributed by atoms with E-state index in [4.69, 9.17) is 10.2 Å². The number of rotatable bonds is 8. The molecule has 1 aliphatic carbocycles. The number of carboxylic acids is 1. The van der Waals surface area contributed by atoms with Crippen LogP contribution in [-0.2, 0) is 21.4 Å². The van der Waals surface area contributed by atoms with Crippen molar-refractivity contribution in [1.29, 1.82) is 0 Å². The number of hydrogen-bond acceptors (Lipinski definition) is 8. The second-order valence-electron chi connectivity index (χ2n) is 8.34. The molecule has 0 bridgehead atoms. The molecule has 194 valence electrons. The molecule has 13 nitrogen and oxygen atoms in total. The van der Waals surface area contributed by atoms with Crippen LogP contribution in [0.2, 0.25) is 0 Å². The molecular formula is C22H26N4O9S. The molecule has 1 saturated carbocycles. The highest BCUT2D eigenvalue weighted by molar-refractivity contribution is 7.89. The summed E-state index contributed by atoms with van der Waals surface area (Å²) in [5.74, 6) is -5.52. The van der Waals surface area contributed by atoms with Gasteiger partial charge in [-0.15, -0.1) is 0 Å². The highest BCUT2D eigenvalue weighted by atomic mass is 32.2.